The second kappa shape index (κ2) is 7.34. The number of amides is 1. The van der Waals surface area contributed by atoms with Crippen LogP contribution in [-0.2, 0) is 4.79 Å². The first-order valence-electron chi connectivity index (χ1n) is 6.60. The summed E-state index contributed by atoms with van der Waals surface area (Å²) >= 11 is 11.7. The third-order valence-corrected chi connectivity index (χ3v) is 3.48. The standard InChI is InChI=1S/C14H13Cl2N5O2/c1-7(2)14(23)19-9-5-8(3-4-10(9)22)20-21-13-11(15)12(16)17-6-18-13/h3-7,22H,1-2H3,(H,19,23). The molecule has 0 aliphatic carbocycles. The van der Waals surface area contributed by atoms with Gasteiger partial charge in [-0.1, -0.05) is 37.0 Å². The molecule has 0 bridgehead atoms. The number of carbonyl (C=O) groups excluding carboxylic acids is 1. The van der Waals surface area contributed by atoms with Gasteiger partial charge < -0.3 is 10.4 Å². The highest BCUT2D eigenvalue weighted by Gasteiger charge is 2.11. The van der Waals surface area contributed by atoms with Crippen LogP contribution in [0.15, 0.2) is 34.8 Å². The maximum atomic E-state index is 11.7. The molecule has 1 amide bonds. The molecule has 0 fully saturated rings. The number of rotatable bonds is 4. The molecule has 2 rings (SSSR count). The van der Waals surface area contributed by atoms with Gasteiger partial charge >= 0.3 is 0 Å². The molecule has 0 atom stereocenters. The van der Waals surface area contributed by atoms with Crippen molar-refractivity contribution in [2.45, 2.75) is 13.8 Å². The lowest BCUT2D eigenvalue weighted by atomic mass is 10.2. The van der Waals surface area contributed by atoms with Crippen LogP contribution in [0.25, 0.3) is 0 Å². The van der Waals surface area contributed by atoms with E-state index >= 15 is 0 Å². The summed E-state index contributed by atoms with van der Waals surface area (Å²) in [5.41, 5.74) is 0.639. The van der Waals surface area contributed by atoms with Crippen LogP contribution >= 0.6 is 23.2 Å². The van der Waals surface area contributed by atoms with E-state index in [0.29, 0.717) is 5.69 Å². The van der Waals surface area contributed by atoms with Gasteiger partial charge in [0.05, 0.1) is 11.4 Å². The van der Waals surface area contributed by atoms with Crippen LogP contribution in [0, 0.1) is 5.92 Å². The van der Waals surface area contributed by atoms with Crippen molar-refractivity contribution in [3.05, 3.63) is 34.7 Å². The van der Waals surface area contributed by atoms with E-state index in [-0.39, 0.29) is 39.3 Å². The highest BCUT2D eigenvalue weighted by molar-refractivity contribution is 6.42. The number of aromatic nitrogens is 2. The molecule has 9 heteroatoms. The van der Waals surface area contributed by atoms with Gasteiger partial charge in [-0.3, -0.25) is 4.79 Å². The average Bonchev–Trinajstić information content (AvgIpc) is 2.51. The van der Waals surface area contributed by atoms with Crippen molar-refractivity contribution < 1.29 is 9.90 Å². The van der Waals surface area contributed by atoms with Gasteiger partial charge in [-0.15, -0.1) is 10.2 Å². The van der Waals surface area contributed by atoms with Gasteiger partial charge in [-0.05, 0) is 18.2 Å². The van der Waals surface area contributed by atoms with Gasteiger partial charge in [0, 0.05) is 5.92 Å². The number of aromatic hydroxyl groups is 1. The number of halogens is 2. The number of hydrogen-bond acceptors (Lipinski definition) is 6. The molecule has 0 unspecified atom stereocenters. The fourth-order valence-electron chi connectivity index (χ4n) is 1.48. The van der Waals surface area contributed by atoms with Crippen molar-refractivity contribution in [1.29, 1.82) is 0 Å². The Balaban J connectivity index is 2.25. The number of phenols is 1. The molecule has 1 aromatic carbocycles. The molecule has 0 aliphatic rings. The number of anilines is 1. The number of nitrogens with zero attached hydrogens (tertiary/aromatic N) is 4. The topological polar surface area (TPSA) is 99.8 Å². The van der Waals surface area contributed by atoms with Gasteiger partial charge in [0.25, 0.3) is 0 Å². The molecule has 7 nitrogen and oxygen atoms in total. The van der Waals surface area contributed by atoms with E-state index in [1.54, 1.807) is 13.8 Å². The van der Waals surface area contributed by atoms with E-state index in [9.17, 15) is 9.90 Å². The molecule has 0 spiro atoms. The number of phenolic OH excluding ortho intramolecular Hbond substituents is 1. The summed E-state index contributed by atoms with van der Waals surface area (Å²) in [6.45, 7) is 3.49. The second-order valence-corrected chi connectivity index (χ2v) is 5.58. The summed E-state index contributed by atoms with van der Waals surface area (Å²) in [7, 11) is 0. The van der Waals surface area contributed by atoms with Crippen LogP contribution in [0.2, 0.25) is 10.2 Å². The second-order valence-electron chi connectivity index (χ2n) is 4.85. The van der Waals surface area contributed by atoms with Gasteiger partial charge in [0.15, 0.2) is 11.0 Å². The van der Waals surface area contributed by atoms with Crippen LogP contribution in [0.5, 0.6) is 5.75 Å². The minimum atomic E-state index is -0.222. The summed E-state index contributed by atoms with van der Waals surface area (Å²) in [4.78, 5) is 19.3. The van der Waals surface area contributed by atoms with E-state index < -0.39 is 0 Å². The van der Waals surface area contributed by atoms with Crippen molar-refractivity contribution in [2.75, 3.05) is 5.32 Å². The van der Waals surface area contributed by atoms with Crippen molar-refractivity contribution in [3.63, 3.8) is 0 Å². The maximum absolute atomic E-state index is 11.7. The van der Waals surface area contributed by atoms with Gasteiger partial charge in [0.1, 0.15) is 17.1 Å². The zero-order chi connectivity index (χ0) is 17.0. The summed E-state index contributed by atoms with van der Waals surface area (Å²) in [5.74, 6) is -0.393. The number of nitrogens with one attached hydrogen (secondary N) is 1. The quantitative estimate of drug-likeness (QED) is 0.480. The minimum absolute atomic E-state index is 0.0685. The summed E-state index contributed by atoms with van der Waals surface area (Å²) < 4.78 is 0. The zero-order valence-electron chi connectivity index (χ0n) is 12.3. The lowest BCUT2D eigenvalue weighted by Crippen LogP contribution is -2.17. The monoisotopic (exact) mass is 353 g/mol. The van der Waals surface area contributed by atoms with E-state index in [0.717, 1.165) is 0 Å². The third kappa shape index (κ3) is 4.37. The molecule has 2 N–H and O–H groups in total. The molecule has 120 valence electrons. The third-order valence-electron chi connectivity index (χ3n) is 2.75. The highest BCUT2D eigenvalue weighted by Crippen LogP contribution is 2.32. The summed E-state index contributed by atoms with van der Waals surface area (Å²) in [6.07, 6.45) is 1.22. The Morgan fingerprint density at radius 3 is 2.70 bits per heavy atom. The van der Waals surface area contributed by atoms with E-state index in [1.165, 1.54) is 24.5 Å². The Bertz CT molecular complexity index is 765. The minimum Gasteiger partial charge on any atom is -0.506 e. The molecule has 0 saturated heterocycles. The van der Waals surface area contributed by atoms with Gasteiger partial charge in [-0.2, -0.15) is 0 Å². The van der Waals surface area contributed by atoms with Gasteiger partial charge in [-0.25, -0.2) is 9.97 Å². The number of carbonyl (C=O) groups is 1. The fraction of sp³-hybridized carbons (Fsp3) is 0.214. The molecule has 0 radical (unpaired) electrons. The van der Waals surface area contributed by atoms with Crippen molar-refractivity contribution >= 4 is 46.3 Å². The molecule has 1 aromatic heterocycles. The first-order valence-corrected chi connectivity index (χ1v) is 7.35. The fourth-order valence-corrected chi connectivity index (χ4v) is 1.74. The van der Waals surface area contributed by atoms with Crippen LogP contribution in [0.4, 0.5) is 17.2 Å². The largest absolute Gasteiger partial charge is 0.506 e. The SMILES string of the molecule is CC(C)C(=O)Nc1cc(N=Nc2ncnc(Cl)c2Cl)ccc1O. The van der Waals surface area contributed by atoms with Crippen LogP contribution in [-0.4, -0.2) is 21.0 Å². The van der Waals surface area contributed by atoms with E-state index in [4.69, 9.17) is 23.2 Å². The number of azo groups is 1. The molecule has 23 heavy (non-hydrogen) atoms. The Morgan fingerprint density at radius 1 is 1.26 bits per heavy atom. The maximum Gasteiger partial charge on any atom is 0.227 e. The first-order chi connectivity index (χ1) is 10.9. The zero-order valence-corrected chi connectivity index (χ0v) is 13.8. The molecular weight excluding hydrogens is 341 g/mol. The van der Waals surface area contributed by atoms with Gasteiger partial charge in [0.2, 0.25) is 5.91 Å². The van der Waals surface area contributed by atoms with Crippen molar-refractivity contribution in [1.82, 2.24) is 9.97 Å². The van der Waals surface area contributed by atoms with Crippen molar-refractivity contribution in [3.8, 4) is 5.75 Å². The lowest BCUT2D eigenvalue weighted by molar-refractivity contribution is -0.118. The Labute approximate surface area is 142 Å². The van der Waals surface area contributed by atoms with Crippen LogP contribution < -0.4 is 5.32 Å². The predicted molar refractivity (Wildman–Crippen MR) is 87.8 cm³/mol. The lowest BCUT2D eigenvalue weighted by Gasteiger charge is -2.09. The molecular formula is C14H13Cl2N5O2. The Hall–Kier alpha value is -2.25. The smallest absolute Gasteiger partial charge is 0.227 e. The molecule has 0 saturated carbocycles. The highest BCUT2D eigenvalue weighted by atomic mass is 35.5. The molecule has 2 aromatic rings. The Kier molecular flexibility index (Phi) is 5.46. The molecule has 0 aliphatic heterocycles. The van der Waals surface area contributed by atoms with E-state index in [2.05, 4.69) is 25.5 Å². The summed E-state index contributed by atoms with van der Waals surface area (Å²) in [6, 6.07) is 4.41. The first kappa shape index (κ1) is 17.1. The summed E-state index contributed by atoms with van der Waals surface area (Å²) in [5, 5.41) is 20.4. The van der Waals surface area contributed by atoms with E-state index in [1.807, 2.05) is 0 Å². The Morgan fingerprint density at radius 2 is 2.00 bits per heavy atom. The van der Waals surface area contributed by atoms with Crippen molar-refractivity contribution in [2.24, 2.45) is 16.1 Å². The number of benzene rings is 1. The van der Waals surface area contributed by atoms with Crippen LogP contribution in [0.1, 0.15) is 13.8 Å². The number of hydrogen-bond donors (Lipinski definition) is 2. The molecule has 1 heterocycles. The van der Waals surface area contributed by atoms with Crippen LogP contribution in [0.3, 0.4) is 0 Å². The normalized spacial score (nSPS) is 11.2. The predicted octanol–water partition coefficient (Wildman–Crippen LogP) is 4.50. The average molecular weight is 354 g/mol.